The van der Waals surface area contributed by atoms with Crippen LogP contribution < -0.4 is 10.6 Å². The fraction of sp³-hybridized carbons (Fsp3) is 0.545. The molecular formula is C11H16N2O2. The number of furan rings is 1. The summed E-state index contributed by atoms with van der Waals surface area (Å²) in [5, 5.41) is 6.09. The van der Waals surface area contributed by atoms with Crippen LogP contribution in [-0.4, -0.2) is 25.5 Å². The first-order chi connectivity index (χ1) is 7.16. The van der Waals surface area contributed by atoms with E-state index in [2.05, 4.69) is 10.6 Å². The highest BCUT2D eigenvalue weighted by Gasteiger charge is 2.19. The summed E-state index contributed by atoms with van der Waals surface area (Å²) >= 11 is 0. The lowest BCUT2D eigenvalue weighted by atomic mass is 10.0. The second-order valence-corrected chi connectivity index (χ2v) is 4.06. The summed E-state index contributed by atoms with van der Waals surface area (Å²) in [5.74, 6) is 2.03. The van der Waals surface area contributed by atoms with E-state index in [9.17, 15) is 4.79 Å². The van der Waals surface area contributed by atoms with Crippen molar-refractivity contribution in [2.45, 2.75) is 13.8 Å². The van der Waals surface area contributed by atoms with Gasteiger partial charge in [0, 0.05) is 25.6 Å². The number of carbonyl (C=O) groups excluding carboxylic acids is 1. The van der Waals surface area contributed by atoms with Crippen molar-refractivity contribution in [2.75, 3.05) is 19.6 Å². The molecule has 0 spiro atoms. The van der Waals surface area contributed by atoms with E-state index < -0.39 is 0 Å². The number of carbonyl (C=O) groups is 1. The van der Waals surface area contributed by atoms with Crippen molar-refractivity contribution in [2.24, 2.45) is 5.92 Å². The van der Waals surface area contributed by atoms with E-state index in [0.717, 1.165) is 25.4 Å². The molecule has 0 bridgehead atoms. The fourth-order valence-electron chi connectivity index (χ4n) is 1.68. The van der Waals surface area contributed by atoms with Gasteiger partial charge < -0.3 is 15.1 Å². The molecule has 82 valence electrons. The lowest BCUT2D eigenvalue weighted by molar-refractivity contribution is 0.0940. The maximum absolute atomic E-state index is 11.7. The zero-order valence-corrected chi connectivity index (χ0v) is 9.09. The molecule has 4 heteroatoms. The van der Waals surface area contributed by atoms with E-state index in [1.54, 1.807) is 6.07 Å². The molecule has 1 aromatic rings. The minimum absolute atomic E-state index is 0.0312. The molecule has 0 aliphatic carbocycles. The Morgan fingerprint density at radius 1 is 1.60 bits per heavy atom. The maximum Gasteiger partial charge on any atom is 0.254 e. The van der Waals surface area contributed by atoms with Crippen molar-refractivity contribution in [1.82, 2.24) is 10.6 Å². The standard InChI is InChI=1S/C11H16N2O2/c1-7-3-10(8(2)15-7)11(14)13-6-9-4-12-5-9/h3,9,12H,4-6H2,1-2H3,(H,13,14). The van der Waals surface area contributed by atoms with Gasteiger partial charge in [-0.25, -0.2) is 0 Å². The van der Waals surface area contributed by atoms with Crippen LogP contribution in [0.5, 0.6) is 0 Å². The molecule has 0 radical (unpaired) electrons. The first-order valence-corrected chi connectivity index (χ1v) is 5.23. The van der Waals surface area contributed by atoms with Crippen molar-refractivity contribution in [3.63, 3.8) is 0 Å². The zero-order valence-electron chi connectivity index (χ0n) is 9.09. The summed E-state index contributed by atoms with van der Waals surface area (Å²) < 4.78 is 5.31. The van der Waals surface area contributed by atoms with Crippen LogP contribution >= 0.6 is 0 Å². The van der Waals surface area contributed by atoms with Crippen LogP contribution in [0, 0.1) is 19.8 Å². The molecule has 4 nitrogen and oxygen atoms in total. The molecule has 2 rings (SSSR count). The lowest BCUT2D eigenvalue weighted by Gasteiger charge is -2.26. The molecule has 0 unspecified atom stereocenters. The summed E-state index contributed by atoms with van der Waals surface area (Å²) in [4.78, 5) is 11.7. The summed E-state index contributed by atoms with van der Waals surface area (Å²) in [6.45, 7) is 6.41. The van der Waals surface area contributed by atoms with Crippen molar-refractivity contribution < 1.29 is 9.21 Å². The van der Waals surface area contributed by atoms with Crippen molar-refractivity contribution >= 4 is 5.91 Å². The molecule has 1 fully saturated rings. The average Bonchev–Trinajstić information content (AvgIpc) is 2.42. The van der Waals surface area contributed by atoms with Gasteiger partial charge in [0.2, 0.25) is 0 Å². The molecule has 1 saturated heterocycles. The molecular weight excluding hydrogens is 192 g/mol. The van der Waals surface area contributed by atoms with Crippen molar-refractivity contribution in [3.05, 3.63) is 23.2 Å². The maximum atomic E-state index is 11.7. The van der Waals surface area contributed by atoms with E-state index in [1.807, 2.05) is 13.8 Å². The van der Waals surface area contributed by atoms with Gasteiger partial charge in [0.25, 0.3) is 5.91 Å². The molecule has 1 aromatic heterocycles. The molecule has 1 aliphatic rings. The Balaban J connectivity index is 1.92. The van der Waals surface area contributed by atoms with Crippen LogP contribution in [0.25, 0.3) is 0 Å². The Kier molecular flexibility index (Phi) is 2.77. The number of hydrogen-bond donors (Lipinski definition) is 2. The Labute approximate surface area is 89.0 Å². The smallest absolute Gasteiger partial charge is 0.254 e. The normalized spacial score (nSPS) is 16.1. The minimum atomic E-state index is -0.0312. The zero-order chi connectivity index (χ0) is 10.8. The highest BCUT2D eigenvalue weighted by molar-refractivity contribution is 5.95. The third-order valence-electron chi connectivity index (χ3n) is 2.70. The van der Waals surface area contributed by atoms with Crippen LogP contribution in [0.4, 0.5) is 0 Å². The van der Waals surface area contributed by atoms with Gasteiger partial charge >= 0.3 is 0 Å². The van der Waals surface area contributed by atoms with Crippen molar-refractivity contribution in [1.29, 1.82) is 0 Å². The Hall–Kier alpha value is -1.29. The summed E-state index contributed by atoms with van der Waals surface area (Å²) in [5.41, 5.74) is 0.653. The summed E-state index contributed by atoms with van der Waals surface area (Å²) in [6.07, 6.45) is 0. The van der Waals surface area contributed by atoms with E-state index in [-0.39, 0.29) is 5.91 Å². The monoisotopic (exact) mass is 208 g/mol. The van der Waals surface area contributed by atoms with Gasteiger partial charge in [0.05, 0.1) is 5.56 Å². The molecule has 0 saturated carbocycles. The largest absolute Gasteiger partial charge is 0.466 e. The van der Waals surface area contributed by atoms with Crippen LogP contribution in [0.2, 0.25) is 0 Å². The van der Waals surface area contributed by atoms with Crippen molar-refractivity contribution in [3.8, 4) is 0 Å². The topological polar surface area (TPSA) is 54.3 Å². The van der Waals surface area contributed by atoms with Gasteiger partial charge in [0.15, 0.2) is 0 Å². The fourth-order valence-corrected chi connectivity index (χ4v) is 1.68. The molecule has 0 atom stereocenters. The second-order valence-electron chi connectivity index (χ2n) is 4.06. The number of aryl methyl sites for hydroxylation is 2. The Morgan fingerprint density at radius 3 is 2.80 bits per heavy atom. The number of amides is 1. The van der Waals surface area contributed by atoms with E-state index in [0.29, 0.717) is 17.2 Å². The van der Waals surface area contributed by atoms with Gasteiger partial charge in [-0.1, -0.05) is 0 Å². The quantitative estimate of drug-likeness (QED) is 0.774. The SMILES string of the molecule is Cc1cc(C(=O)NCC2CNC2)c(C)o1. The van der Waals surface area contributed by atoms with Crippen LogP contribution in [0.3, 0.4) is 0 Å². The van der Waals surface area contributed by atoms with E-state index in [4.69, 9.17) is 4.42 Å². The van der Waals surface area contributed by atoms with Crippen LogP contribution in [-0.2, 0) is 0 Å². The Bertz CT molecular complexity index is 367. The molecule has 2 N–H and O–H groups in total. The third kappa shape index (κ3) is 2.21. The highest BCUT2D eigenvalue weighted by Crippen LogP contribution is 2.13. The third-order valence-corrected chi connectivity index (χ3v) is 2.70. The molecule has 2 heterocycles. The number of hydrogen-bond acceptors (Lipinski definition) is 3. The van der Waals surface area contributed by atoms with E-state index >= 15 is 0 Å². The lowest BCUT2D eigenvalue weighted by Crippen LogP contribution is -2.48. The van der Waals surface area contributed by atoms with Gasteiger partial charge in [-0.3, -0.25) is 4.79 Å². The first kappa shape index (κ1) is 10.2. The minimum Gasteiger partial charge on any atom is -0.466 e. The highest BCUT2D eigenvalue weighted by atomic mass is 16.3. The Morgan fingerprint density at radius 2 is 2.33 bits per heavy atom. The van der Waals surface area contributed by atoms with Gasteiger partial charge in [-0.2, -0.15) is 0 Å². The summed E-state index contributed by atoms with van der Waals surface area (Å²) in [7, 11) is 0. The predicted octanol–water partition coefficient (Wildman–Crippen LogP) is 0.846. The van der Waals surface area contributed by atoms with Gasteiger partial charge in [0.1, 0.15) is 11.5 Å². The molecule has 0 aromatic carbocycles. The number of rotatable bonds is 3. The van der Waals surface area contributed by atoms with Gasteiger partial charge in [-0.05, 0) is 19.9 Å². The number of nitrogens with one attached hydrogen (secondary N) is 2. The second kappa shape index (κ2) is 4.06. The molecule has 1 amide bonds. The first-order valence-electron chi connectivity index (χ1n) is 5.23. The van der Waals surface area contributed by atoms with E-state index in [1.165, 1.54) is 0 Å². The van der Waals surface area contributed by atoms with Crippen LogP contribution in [0.1, 0.15) is 21.9 Å². The molecule has 1 aliphatic heterocycles. The molecule has 15 heavy (non-hydrogen) atoms. The predicted molar refractivity (Wildman–Crippen MR) is 56.9 cm³/mol. The summed E-state index contributed by atoms with van der Waals surface area (Å²) in [6, 6.07) is 1.78. The average molecular weight is 208 g/mol. The van der Waals surface area contributed by atoms with Gasteiger partial charge in [-0.15, -0.1) is 0 Å². The van der Waals surface area contributed by atoms with Crippen LogP contribution in [0.15, 0.2) is 10.5 Å².